The number of nitrogens with one attached hydrogen (secondary N) is 1. The molecule has 0 radical (unpaired) electrons. The van der Waals surface area contributed by atoms with Gasteiger partial charge in [0.1, 0.15) is 5.82 Å². The zero-order valence-electron chi connectivity index (χ0n) is 10.3. The van der Waals surface area contributed by atoms with E-state index in [-0.39, 0.29) is 11.7 Å². The van der Waals surface area contributed by atoms with Crippen LogP contribution in [0.15, 0.2) is 18.2 Å². The zero-order valence-corrected chi connectivity index (χ0v) is 10.3. The minimum atomic E-state index is -4.46. The van der Waals surface area contributed by atoms with Gasteiger partial charge in [-0.3, -0.25) is 0 Å². The number of anilines is 1. The summed E-state index contributed by atoms with van der Waals surface area (Å²) in [6.45, 7) is 1.18. The highest BCUT2D eigenvalue weighted by molar-refractivity contribution is 5.48. The lowest BCUT2D eigenvalue weighted by atomic mass is 10.1. The van der Waals surface area contributed by atoms with E-state index in [1.807, 2.05) is 0 Å². The summed E-state index contributed by atoms with van der Waals surface area (Å²) >= 11 is 0. The number of benzene rings is 1. The van der Waals surface area contributed by atoms with Crippen LogP contribution in [0, 0.1) is 5.82 Å². The van der Waals surface area contributed by atoms with E-state index < -0.39 is 17.6 Å². The molecule has 1 atom stereocenters. The second kappa shape index (κ2) is 5.77. The molecule has 2 nitrogen and oxygen atoms in total. The normalized spacial score (nSPS) is 20.9. The molecule has 1 aliphatic rings. The maximum atomic E-state index is 13.6. The first-order valence-electron chi connectivity index (χ1n) is 6.18. The Morgan fingerprint density at radius 1 is 1.16 bits per heavy atom. The van der Waals surface area contributed by atoms with E-state index in [0.29, 0.717) is 19.6 Å². The van der Waals surface area contributed by atoms with Gasteiger partial charge in [-0.2, -0.15) is 13.2 Å². The molecule has 6 heteroatoms. The Morgan fingerprint density at radius 2 is 1.95 bits per heavy atom. The van der Waals surface area contributed by atoms with Gasteiger partial charge in [0.15, 0.2) is 0 Å². The Kier molecular flexibility index (Phi) is 4.29. The van der Waals surface area contributed by atoms with E-state index in [4.69, 9.17) is 4.74 Å². The van der Waals surface area contributed by atoms with Crippen molar-refractivity contribution in [2.24, 2.45) is 0 Å². The molecule has 1 unspecified atom stereocenters. The summed E-state index contributed by atoms with van der Waals surface area (Å²) in [6, 6.07) is 2.36. The number of alkyl halides is 3. The zero-order chi connectivity index (χ0) is 13.9. The van der Waals surface area contributed by atoms with Crippen molar-refractivity contribution in [1.29, 1.82) is 0 Å². The molecule has 2 rings (SSSR count). The topological polar surface area (TPSA) is 21.3 Å². The summed E-state index contributed by atoms with van der Waals surface area (Å²) in [7, 11) is 0. The molecule has 106 valence electrons. The van der Waals surface area contributed by atoms with Crippen molar-refractivity contribution in [3.05, 3.63) is 29.6 Å². The molecule has 0 saturated carbocycles. The fourth-order valence-electron chi connectivity index (χ4n) is 2.08. The molecule has 1 aliphatic heterocycles. The van der Waals surface area contributed by atoms with Crippen LogP contribution in [0.25, 0.3) is 0 Å². The van der Waals surface area contributed by atoms with Crippen LogP contribution in [0.2, 0.25) is 0 Å². The Balaban J connectivity index is 2.14. The number of rotatable bonds is 2. The third kappa shape index (κ3) is 3.83. The Morgan fingerprint density at radius 3 is 2.68 bits per heavy atom. The monoisotopic (exact) mass is 277 g/mol. The molecule has 0 bridgehead atoms. The summed E-state index contributed by atoms with van der Waals surface area (Å²) in [5, 5.41) is 2.85. The molecular formula is C13H15F4NO. The van der Waals surface area contributed by atoms with Gasteiger partial charge >= 0.3 is 6.18 Å². The molecule has 1 N–H and O–H groups in total. The summed E-state index contributed by atoms with van der Waals surface area (Å²) in [4.78, 5) is 0. The predicted molar refractivity (Wildman–Crippen MR) is 63.5 cm³/mol. The maximum absolute atomic E-state index is 13.6. The highest BCUT2D eigenvalue weighted by atomic mass is 19.4. The molecule has 0 aromatic heterocycles. The standard InChI is InChI=1S/C13H15F4NO/c14-11-4-3-9(13(15,16)17)8-12(11)18-10-2-1-6-19-7-5-10/h3-4,8,10,18H,1-2,5-7H2. The molecule has 0 spiro atoms. The van der Waals surface area contributed by atoms with Crippen LogP contribution in [-0.4, -0.2) is 19.3 Å². The van der Waals surface area contributed by atoms with Gasteiger partial charge in [-0.25, -0.2) is 4.39 Å². The van der Waals surface area contributed by atoms with Crippen LogP contribution < -0.4 is 5.32 Å². The SMILES string of the molecule is Fc1ccc(C(F)(F)F)cc1NC1CCCOCC1. The molecular weight excluding hydrogens is 262 g/mol. The van der Waals surface area contributed by atoms with Crippen molar-refractivity contribution in [3.63, 3.8) is 0 Å². The highest BCUT2D eigenvalue weighted by Gasteiger charge is 2.31. The smallest absolute Gasteiger partial charge is 0.381 e. The molecule has 1 saturated heterocycles. The highest BCUT2D eigenvalue weighted by Crippen LogP contribution is 2.32. The Hall–Kier alpha value is -1.30. The van der Waals surface area contributed by atoms with Crippen molar-refractivity contribution >= 4 is 5.69 Å². The minimum absolute atomic E-state index is 0.0551. The lowest BCUT2D eigenvalue weighted by Crippen LogP contribution is -2.20. The fraction of sp³-hybridized carbons (Fsp3) is 0.538. The van der Waals surface area contributed by atoms with Gasteiger partial charge in [-0.1, -0.05) is 0 Å². The molecule has 1 heterocycles. The largest absolute Gasteiger partial charge is 0.416 e. The second-order valence-corrected chi connectivity index (χ2v) is 4.58. The Labute approximate surface area is 108 Å². The van der Waals surface area contributed by atoms with Crippen LogP contribution in [0.4, 0.5) is 23.2 Å². The van der Waals surface area contributed by atoms with Crippen LogP contribution in [0.3, 0.4) is 0 Å². The van der Waals surface area contributed by atoms with Crippen molar-refractivity contribution in [1.82, 2.24) is 0 Å². The van der Waals surface area contributed by atoms with Gasteiger partial charge in [-0.05, 0) is 37.5 Å². The van der Waals surface area contributed by atoms with Crippen LogP contribution >= 0.6 is 0 Å². The third-order valence-electron chi connectivity index (χ3n) is 3.11. The van der Waals surface area contributed by atoms with E-state index in [1.165, 1.54) is 0 Å². The van der Waals surface area contributed by atoms with Gasteiger partial charge in [0, 0.05) is 19.3 Å². The van der Waals surface area contributed by atoms with Gasteiger partial charge in [0.05, 0.1) is 11.3 Å². The average Bonchev–Trinajstić information content (AvgIpc) is 2.59. The van der Waals surface area contributed by atoms with E-state index in [2.05, 4.69) is 5.32 Å². The molecule has 19 heavy (non-hydrogen) atoms. The lowest BCUT2D eigenvalue weighted by Gasteiger charge is -2.18. The van der Waals surface area contributed by atoms with Gasteiger partial charge < -0.3 is 10.1 Å². The fourth-order valence-corrected chi connectivity index (χ4v) is 2.08. The first-order chi connectivity index (χ1) is 8.97. The average molecular weight is 277 g/mol. The van der Waals surface area contributed by atoms with Gasteiger partial charge in [-0.15, -0.1) is 0 Å². The van der Waals surface area contributed by atoms with Crippen molar-refractivity contribution < 1.29 is 22.3 Å². The molecule has 1 aromatic rings. The number of halogens is 4. The number of hydrogen-bond acceptors (Lipinski definition) is 2. The quantitative estimate of drug-likeness (QED) is 0.830. The molecule has 0 aliphatic carbocycles. The van der Waals surface area contributed by atoms with Crippen molar-refractivity contribution in [2.75, 3.05) is 18.5 Å². The van der Waals surface area contributed by atoms with E-state index in [0.717, 1.165) is 31.0 Å². The predicted octanol–water partition coefficient (Wildman–Crippen LogP) is 3.83. The first-order valence-corrected chi connectivity index (χ1v) is 6.18. The molecule has 1 aromatic carbocycles. The maximum Gasteiger partial charge on any atom is 0.416 e. The Bertz CT molecular complexity index is 425. The van der Waals surface area contributed by atoms with Crippen LogP contribution in [0.5, 0.6) is 0 Å². The summed E-state index contributed by atoms with van der Waals surface area (Å²) < 4.78 is 56.5. The summed E-state index contributed by atoms with van der Waals surface area (Å²) in [5.41, 5.74) is -0.942. The number of hydrogen-bond donors (Lipinski definition) is 1. The second-order valence-electron chi connectivity index (χ2n) is 4.58. The van der Waals surface area contributed by atoms with E-state index >= 15 is 0 Å². The lowest BCUT2D eigenvalue weighted by molar-refractivity contribution is -0.137. The molecule has 1 fully saturated rings. The first kappa shape index (κ1) is 14.1. The van der Waals surface area contributed by atoms with Crippen molar-refractivity contribution in [3.8, 4) is 0 Å². The molecule has 0 amide bonds. The van der Waals surface area contributed by atoms with Gasteiger partial charge in [0.2, 0.25) is 0 Å². The van der Waals surface area contributed by atoms with Crippen LogP contribution in [-0.2, 0) is 10.9 Å². The van der Waals surface area contributed by atoms with Crippen molar-refractivity contribution in [2.45, 2.75) is 31.5 Å². The van der Waals surface area contributed by atoms with Gasteiger partial charge in [0.25, 0.3) is 0 Å². The van der Waals surface area contributed by atoms with E-state index in [9.17, 15) is 17.6 Å². The summed E-state index contributed by atoms with van der Waals surface area (Å²) in [6.07, 6.45) is -2.22. The third-order valence-corrected chi connectivity index (χ3v) is 3.11. The minimum Gasteiger partial charge on any atom is -0.381 e. The van der Waals surface area contributed by atoms with Crippen LogP contribution in [0.1, 0.15) is 24.8 Å². The van der Waals surface area contributed by atoms with E-state index in [1.54, 1.807) is 0 Å². The summed E-state index contributed by atoms with van der Waals surface area (Å²) in [5.74, 6) is -0.668. The number of ether oxygens (including phenoxy) is 1.